The second kappa shape index (κ2) is 4.43. The average Bonchev–Trinajstić information content (AvgIpc) is 1.98. The molecule has 0 saturated carbocycles. The van der Waals surface area contributed by atoms with Crippen LogP contribution in [0.25, 0.3) is 0 Å². The molecule has 2 N–H and O–H groups in total. The van der Waals surface area contributed by atoms with Gasteiger partial charge in [-0.15, -0.1) is 0 Å². The van der Waals surface area contributed by atoms with Gasteiger partial charge in [-0.05, 0) is 40.5 Å². The van der Waals surface area contributed by atoms with Crippen molar-refractivity contribution in [3.05, 3.63) is 0 Å². The van der Waals surface area contributed by atoms with E-state index in [0.29, 0.717) is 6.04 Å². The predicted octanol–water partition coefficient (Wildman–Crippen LogP) is 2.31. The maximum Gasteiger partial charge on any atom is 0.0767 e. The molecule has 0 aliphatic rings. The quantitative estimate of drug-likeness (QED) is 0.692. The number of hydrogen-bond acceptors (Lipinski definition) is 2. The first-order valence-corrected chi connectivity index (χ1v) is 5.24. The Labute approximate surface area is 82.7 Å². The summed E-state index contributed by atoms with van der Waals surface area (Å²) in [5.41, 5.74) is -0.917. The van der Waals surface area contributed by atoms with Crippen LogP contribution >= 0.6 is 0 Å². The zero-order chi connectivity index (χ0) is 10.7. The molecule has 0 aromatic rings. The molecular formula is C11H25NO. The van der Waals surface area contributed by atoms with Crippen molar-refractivity contribution in [2.75, 3.05) is 0 Å². The number of aliphatic hydroxyl groups is 1. The van der Waals surface area contributed by atoms with Crippen molar-refractivity contribution < 1.29 is 5.11 Å². The van der Waals surface area contributed by atoms with Gasteiger partial charge in [0, 0.05) is 11.6 Å². The van der Waals surface area contributed by atoms with E-state index < -0.39 is 5.60 Å². The Balaban J connectivity index is 4.31. The zero-order valence-electron chi connectivity index (χ0n) is 9.94. The lowest BCUT2D eigenvalue weighted by Gasteiger charge is -2.40. The Bertz CT molecular complexity index is 143. The van der Waals surface area contributed by atoms with E-state index in [2.05, 4.69) is 19.2 Å². The molecule has 0 bridgehead atoms. The van der Waals surface area contributed by atoms with Gasteiger partial charge in [0.2, 0.25) is 0 Å². The molecule has 0 unspecified atom stereocenters. The third-order valence-corrected chi connectivity index (χ3v) is 3.08. The molecule has 0 saturated heterocycles. The van der Waals surface area contributed by atoms with Crippen LogP contribution in [0.5, 0.6) is 0 Å². The van der Waals surface area contributed by atoms with E-state index in [9.17, 15) is 5.11 Å². The fraction of sp³-hybridized carbons (Fsp3) is 1.00. The molecule has 2 nitrogen and oxygen atoms in total. The molecule has 0 aromatic carbocycles. The van der Waals surface area contributed by atoms with E-state index in [1.54, 1.807) is 0 Å². The lowest BCUT2D eigenvalue weighted by atomic mass is 9.85. The molecule has 80 valence electrons. The first-order valence-electron chi connectivity index (χ1n) is 5.24. The van der Waals surface area contributed by atoms with Crippen molar-refractivity contribution in [3.63, 3.8) is 0 Å². The third kappa shape index (κ3) is 3.65. The lowest BCUT2D eigenvalue weighted by Crippen LogP contribution is -2.58. The highest BCUT2D eigenvalue weighted by Crippen LogP contribution is 2.22. The van der Waals surface area contributed by atoms with Crippen LogP contribution in [0.4, 0.5) is 0 Å². The second-order valence-corrected chi connectivity index (χ2v) is 4.84. The topological polar surface area (TPSA) is 32.3 Å². The summed E-state index contributed by atoms with van der Waals surface area (Å²) >= 11 is 0. The molecule has 0 aromatic heterocycles. The summed E-state index contributed by atoms with van der Waals surface area (Å²) in [5.74, 6) is 0. The van der Waals surface area contributed by atoms with E-state index in [1.165, 1.54) is 0 Å². The van der Waals surface area contributed by atoms with Crippen LogP contribution in [0.3, 0.4) is 0 Å². The number of rotatable bonds is 5. The molecule has 0 aliphatic heterocycles. The van der Waals surface area contributed by atoms with Crippen molar-refractivity contribution in [2.24, 2.45) is 0 Å². The summed E-state index contributed by atoms with van der Waals surface area (Å²) in [5, 5.41) is 13.4. The van der Waals surface area contributed by atoms with Crippen molar-refractivity contribution >= 4 is 0 Å². The highest BCUT2D eigenvalue weighted by Gasteiger charge is 2.35. The van der Waals surface area contributed by atoms with Crippen LogP contribution in [0, 0.1) is 0 Å². The van der Waals surface area contributed by atoms with Gasteiger partial charge in [0.05, 0.1) is 5.60 Å². The molecule has 0 fully saturated rings. The summed E-state index contributed by atoms with van der Waals surface area (Å²) in [6.07, 6.45) is 2.21. The molecule has 13 heavy (non-hydrogen) atoms. The molecule has 0 rings (SSSR count). The van der Waals surface area contributed by atoms with Crippen LogP contribution < -0.4 is 5.32 Å². The Hall–Kier alpha value is -0.0800. The smallest absolute Gasteiger partial charge is 0.0767 e. The first-order chi connectivity index (χ1) is 5.74. The van der Waals surface area contributed by atoms with E-state index in [4.69, 9.17) is 0 Å². The van der Waals surface area contributed by atoms with Gasteiger partial charge in [-0.3, -0.25) is 0 Å². The van der Waals surface area contributed by atoms with Gasteiger partial charge in [0.15, 0.2) is 0 Å². The van der Waals surface area contributed by atoms with Crippen LogP contribution in [-0.4, -0.2) is 22.3 Å². The Morgan fingerprint density at radius 3 is 1.69 bits per heavy atom. The summed E-state index contributed by atoms with van der Waals surface area (Å²) < 4.78 is 0. The second-order valence-electron chi connectivity index (χ2n) is 4.84. The van der Waals surface area contributed by atoms with Crippen LogP contribution in [0.2, 0.25) is 0 Å². The van der Waals surface area contributed by atoms with Crippen molar-refractivity contribution in [3.8, 4) is 0 Å². The van der Waals surface area contributed by atoms with Crippen molar-refractivity contribution in [1.82, 2.24) is 5.32 Å². The standard InChI is InChI=1S/C11H25NO/c1-7-9(8-2)12-10(3,4)11(5,6)13/h9,12-13H,7-8H2,1-6H3. The molecule has 0 spiro atoms. The Morgan fingerprint density at radius 1 is 1.08 bits per heavy atom. The summed E-state index contributed by atoms with van der Waals surface area (Å²) in [6, 6.07) is 0.501. The molecule has 0 amide bonds. The highest BCUT2D eigenvalue weighted by molar-refractivity contribution is 4.94. The lowest BCUT2D eigenvalue weighted by molar-refractivity contribution is -0.0104. The molecular weight excluding hydrogens is 162 g/mol. The summed E-state index contributed by atoms with van der Waals surface area (Å²) in [6.45, 7) is 12.1. The Kier molecular flexibility index (Phi) is 4.40. The molecule has 0 aliphatic carbocycles. The minimum atomic E-state index is -0.685. The van der Waals surface area contributed by atoms with Gasteiger partial charge in [-0.25, -0.2) is 0 Å². The van der Waals surface area contributed by atoms with E-state index in [0.717, 1.165) is 12.8 Å². The summed E-state index contributed by atoms with van der Waals surface area (Å²) in [4.78, 5) is 0. The predicted molar refractivity (Wildman–Crippen MR) is 57.9 cm³/mol. The van der Waals surface area contributed by atoms with E-state index in [1.807, 2.05) is 27.7 Å². The van der Waals surface area contributed by atoms with E-state index >= 15 is 0 Å². The van der Waals surface area contributed by atoms with Gasteiger partial charge in [0.1, 0.15) is 0 Å². The maximum absolute atomic E-state index is 9.92. The molecule has 0 radical (unpaired) electrons. The number of hydrogen-bond donors (Lipinski definition) is 2. The van der Waals surface area contributed by atoms with E-state index in [-0.39, 0.29) is 5.54 Å². The SMILES string of the molecule is CCC(CC)NC(C)(C)C(C)(C)O. The summed E-state index contributed by atoms with van der Waals surface area (Å²) in [7, 11) is 0. The van der Waals surface area contributed by atoms with Gasteiger partial charge in [0.25, 0.3) is 0 Å². The van der Waals surface area contributed by atoms with Gasteiger partial charge < -0.3 is 10.4 Å². The maximum atomic E-state index is 9.92. The fourth-order valence-corrected chi connectivity index (χ4v) is 1.18. The van der Waals surface area contributed by atoms with Crippen molar-refractivity contribution in [1.29, 1.82) is 0 Å². The monoisotopic (exact) mass is 187 g/mol. The van der Waals surface area contributed by atoms with Crippen LogP contribution in [-0.2, 0) is 0 Å². The fourth-order valence-electron chi connectivity index (χ4n) is 1.18. The average molecular weight is 187 g/mol. The largest absolute Gasteiger partial charge is 0.389 e. The normalized spacial score (nSPS) is 13.8. The number of nitrogens with one attached hydrogen (secondary N) is 1. The first kappa shape index (κ1) is 12.9. The van der Waals surface area contributed by atoms with Crippen molar-refractivity contribution in [2.45, 2.75) is 71.6 Å². The van der Waals surface area contributed by atoms with Crippen LogP contribution in [0.15, 0.2) is 0 Å². The minimum absolute atomic E-state index is 0.232. The molecule has 0 atom stereocenters. The molecule has 2 heteroatoms. The minimum Gasteiger partial charge on any atom is -0.389 e. The molecule has 0 heterocycles. The van der Waals surface area contributed by atoms with Gasteiger partial charge in [-0.1, -0.05) is 13.8 Å². The van der Waals surface area contributed by atoms with Gasteiger partial charge in [-0.2, -0.15) is 0 Å². The zero-order valence-corrected chi connectivity index (χ0v) is 9.94. The Morgan fingerprint density at radius 2 is 1.46 bits per heavy atom. The highest BCUT2D eigenvalue weighted by atomic mass is 16.3. The third-order valence-electron chi connectivity index (χ3n) is 3.08. The van der Waals surface area contributed by atoms with Crippen LogP contribution in [0.1, 0.15) is 54.4 Å². The van der Waals surface area contributed by atoms with Gasteiger partial charge >= 0.3 is 0 Å².